The van der Waals surface area contributed by atoms with E-state index < -0.39 is 5.97 Å². The monoisotopic (exact) mass is 419 g/mol. The molecule has 0 bridgehead atoms. The van der Waals surface area contributed by atoms with Gasteiger partial charge in [-0.3, -0.25) is 4.79 Å². The van der Waals surface area contributed by atoms with Crippen LogP contribution in [0, 0.1) is 6.92 Å². The first-order valence-electron chi connectivity index (χ1n) is 9.06. The molecule has 0 aliphatic carbocycles. The van der Waals surface area contributed by atoms with E-state index in [2.05, 4.69) is 0 Å². The summed E-state index contributed by atoms with van der Waals surface area (Å²) in [4.78, 5) is 23.5. The molecule has 7 heteroatoms. The standard InChI is InChI=1S/C23H17NO5S/c1-14-5-9-16(10-6-14)24-23(28)17-3-2-4-20(22(17)30-24)29-19-11-7-15(13-18(19)25)8-12-21(26)27/h2-13,25H,1H3,(H,26,27). The first-order valence-corrected chi connectivity index (χ1v) is 9.84. The number of carboxylic acid groups (broad SMARTS) is 1. The maximum absolute atomic E-state index is 12.9. The highest BCUT2D eigenvalue weighted by atomic mass is 32.1. The summed E-state index contributed by atoms with van der Waals surface area (Å²) in [7, 11) is 0. The summed E-state index contributed by atoms with van der Waals surface area (Å²) in [6.07, 6.45) is 2.36. The fourth-order valence-corrected chi connectivity index (χ4v) is 4.01. The summed E-state index contributed by atoms with van der Waals surface area (Å²) in [6.45, 7) is 1.98. The lowest BCUT2D eigenvalue weighted by molar-refractivity contribution is -0.131. The van der Waals surface area contributed by atoms with Gasteiger partial charge in [0.05, 0.1) is 11.1 Å². The number of fused-ring (bicyclic) bond motifs is 1. The second-order valence-electron chi connectivity index (χ2n) is 6.66. The van der Waals surface area contributed by atoms with Crippen molar-refractivity contribution in [2.45, 2.75) is 6.92 Å². The molecule has 4 aromatic rings. The minimum Gasteiger partial charge on any atom is -0.504 e. The van der Waals surface area contributed by atoms with Crippen LogP contribution in [-0.2, 0) is 4.79 Å². The maximum atomic E-state index is 12.9. The van der Waals surface area contributed by atoms with Crippen LogP contribution in [-0.4, -0.2) is 20.1 Å². The highest BCUT2D eigenvalue weighted by molar-refractivity contribution is 7.14. The number of hydrogen-bond donors (Lipinski definition) is 2. The number of carboxylic acids is 1. The number of aliphatic carboxylic acids is 1. The maximum Gasteiger partial charge on any atom is 0.328 e. The van der Waals surface area contributed by atoms with Crippen molar-refractivity contribution in [3.63, 3.8) is 0 Å². The van der Waals surface area contributed by atoms with Gasteiger partial charge in [0.15, 0.2) is 11.5 Å². The Hall–Kier alpha value is -3.84. The molecule has 0 saturated heterocycles. The van der Waals surface area contributed by atoms with Crippen LogP contribution in [0.25, 0.3) is 21.8 Å². The van der Waals surface area contributed by atoms with Gasteiger partial charge in [0.2, 0.25) is 0 Å². The average Bonchev–Trinajstić information content (AvgIpc) is 3.06. The van der Waals surface area contributed by atoms with Crippen LogP contribution < -0.4 is 10.3 Å². The number of phenols is 1. The van der Waals surface area contributed by atoms with E-state index in [1.165, 1.54) is 23.7 Å². The van der Waals surface area contributed by atoms with Gasteiger partial charge in [-0.2, -0.15) is 0 Å². The van der Waals surface area contributed by atoms with Crippen LogP contribution in [0.5, 0.6) is 17.2 Å². The Morgan fingerprint density at radius 1 is 1.07 bits per heavy atom. The summed E-state index contributed by atoms with van der Waals surface area (Å²) in [5.74, 6) is -0.554. The lowest BCUT2D eigenvalue weighted by Gasteiger charge is -2.08. The summed E-state index contributed by atoms with van der Waals surface area (Å²) < 4.78 is 8.17. The van der Waals surface area contributed by atoms with Crippen LogP contribution in [0.1, 0.15) is 11.1 Å². The number of benzene rings is 3. The third-order valence-electron chi connectivity index (χ3n) is 4.47. The third-order valence-corrected chi connectivity index (χ3v) is 5.63. The number of carbonyl (C=O) groups is 1. The third kappa shape index (κ3) is 3.83. The average molecular weight is 419 g/mol. The predicted octanol–water partition coefficient (Wildman–Crippen LogP) is 4.96. The number of hydrogen-bond acceptors (Lipinski definition) is 5. The Kier molecular flexibility index (Phi) is 5.12. The van der Waals surface area contributed by atoms with Gasteiger partial charge in [-0.1, -0.05) is 29.8 Å². The summed E-state index contributed by atoms with van der Waals surface area (Å²) in [5, 5.41) is 19.5. The number of phenolic OH excluding ortho intramolecular Hbond substituents is 1. The van der Waals surface area contributed by atoms with E-state index in [0.717, 1.165) is 17.3 Å². The molecule has 0 atom stereocenters. The molecule has 0 amide bonds. The van der Waals surface area contributed by atoms with Gasteiger partial charge in [0.1, 0.15) is 10.4 Å². The normalized spacial score (nSPS) is 11.2. The van der Waals surface area contributed by atoms with E-state index in [-0.39, 0.29) is 17.1 Å². The van der Waals surface area contributed by atoms with Crippen LogP contribution in [0.3, 0.4) is 0 Å². The molecule has 3 aromatic carbocycles. The Morgan fingerprint density at radius 3 is 2.53 bits per heavy atom. The van der Waals surface area contributed by atoms with Gasteiger partial charge in [-0.25, -0.2) is 8.75 Å². The van der Waals surface area contributed by atoms with E-state index in [1.807, 2.05) is 31.2 Å². The van der Waals surface area contributed by atoms with Crippen molar-refractivity contribution in [1.82, 2.24) is 3.96 Å². The van der Waals surface area contributed by atoms with Gasteiger partial charge in [0.25, 0.3) is 5.56 Å². The number of aromatic nitrogens is 1. The Morgan fingerprint density at radius 2 is 1.83 bits per heavy atom. The zero-order valence-corrected chi connectivity index (χ0v) is 16.7. The highest BCUT2D eigenvalue weighted by Crippen LogP contribution is 2.37. The molecule has 0 aliphatic rings. The zero-order valence-electron chi connectivity index (χ0n) is 15.9. The Labute approximate surface area is 175 Å². The van der Waals surface area contributed by atoms with Crippen molar-refractivity contribution in [2.24, 2.45) is 0 Å². The molecule has 150 valence electrons. The lowest BCUT2D eigenvalue weighted by Crippen LogP contribution is -2.10. The second-order valence-corrected chi connectivity index (χ2v) is 7.62. The van der Waals surface area contributed by atoms with E-state index in [1.54, 1.807) is 34.3 Å². The number of aromatic hydroxyl groups is 1. The summed E-state index contributed by atoms with van der Waals surface area (Å²) >= 11 is 1.27. The van der Waals surface area contributed by atoms with Crippen LogP contribution in [0.15, 0.2) is 71.5 Å². The van der Waals surface area contributed by atoms with E-state index >= 15 is 0 Å². The zero-order chi connectivity index (χ0) is 21.3. The number of ether oxygens (including phenoxy) is 1. The molecule has 0 saturated carbocycles. The SMILES string of the molecule is Cc1ccc(-n2sc3c(Oc4ccc(C=CC(=O)O)cc4O)cccc3c2=O)cc1. The number of nitrogens with zero attached hydrogens (tertiary/aromatic N) is 1. The molecular weight excluding hydrogens is 402 g/mol. The highest BCUT2D eigenvalue weighted by Gasteiger charge is 2.15. The van der Waals surface area contributed by atoms with Crippen molar-refractivity contribution in [3.8, 4) is 22.9 Å². The molecule has 0 radical (unpaired) electrons. The quantitative estimate of drug-likeness (QED) is 0.447. The molecule has 6 nitrogen and oxygen atoms in total. The van der Waals surface area contributed by atoms with Crippen molar-refractivity contribution in [3.05, 3.63) is 88.2 Å². The summed E-state index contributed by atoms with van der Waals surface area (Å²) in [5.41, 5.74) is 2.27. The first-order chi connectivity index (χ1) is 14.4. The second kappa shape index (κ2) is 7.88. The van der Waals surface area contributed by atoms with Crippen LogP contribution in [0.2, 0.25) is 0 Å². The fraction of sp³-hybridized carbons (Fsp3) is 0.0435. The molecule has 1 aromatic heterocycles. The largest absolute Gasteiger partial charge is 0.504 e. The Balaban J connectivity index is 1.72. The van der Waals surface area contributed by atoms with Crippen molar-refractivity contribution >= 4 is 33.7 Å². The minimum atomic E-state index is -1.07. The van der Waals surface area contributed by atoms with Crippen LogP contribution >= 0.6 is 11.5 Å². The smallest absolute Gasteiger partial charge is 0.328 e. The van der Waals surface area contributed by atoms with Gasteiger partial charge >= 0.3 is 5.97 Å². The first kappa shape index (κ1) is 19.5. The van der Waals surface area contributed by atoms with Gasteiger partial charge in [-0.15, -0.1) is 0 Å². The molecule has 0 unspecified atom stereocenters. The molecule has 0 aliphatic heterocycles. The Bertz CT molecular complexity index is 1330. The molecule has 1 heterocycles. The van der Waals surface area contributed by atoms with Crippen molar-refractivity contribution in [1.29, 1.82) is 0 Å². The van der Waals surface area contributed by atoms with Crippen molar-refractivity contribution < 1.29 is 19.7 Å². The van der Waals surface area contributed by atoms with E-state index in [4.69, 9.17) is 9.84 Å². The lowest BCUT2D eigenvalue weighted by atomic mass is 10.2. The molecular formula is C23H17NO5S. The molecule has 0 spiro atoms. The van der Waals surface area contributed by atoms with Gasteiger partial charge in [0, 0.05) is 6.08 Å². The van der Waals surface area contributed by atoms with Crippen molar-refractivity contribution in [2.75, 3.05) is 0 Å². The molecule has 4 rings (SSSR count). The fourth-order valence-electron chi connectivity index (χ4n) is 2.96. The minimum absolute atomic E-state index is 0.134. The van der Waals surface area contributed by atoms with Gasteiger partial charge < -0.3 is 14.9 Å². The molecule has 30 heavy (non-hydrogen) atoms. The van der Waals surface area contributed by atoms with Crippen LogP contribution in [0.4, 0.5) is 0 Å². The predicted molar refractivity (Wildman–Crippen MR) is 117 cm³/mol. The molecule has 0 fully saturated rings. The van der Waals surface area contributed by atoms with E-state index in [0.29, 0.717) is 21.4 Å². The molecule has 2 N–H and O–H groups in total. The number of aryl methyl sites for hydroxylation is 1. The van der Waals surface area contributed by atoms with E-state index in [9.17, 15) is 14.7 Å². The topological polar surface area (TPSA) is 88.8 Å². The summed E-state index contributed by atoms with van der Waals surface area (Å²) in [6, 6.07) is 17.5. The number of rotatable bonds is 5. The van der Waals surface area contributed by atoms with Gasteiger partial charge in [-0.05, 0) is 66.5 Å².